The monoisotopic (exact) mass is 218 g/mol. The molecule has 1 N–H and O–H groups in total. The Morgan fingerprint density at radius 2 is 2.23 bits per heavy atom. The van der Waals surface area contributed by atoms with E-state index in [1.165, 1.54) is 11.5 Å². The highest BCUT2D eigenvalue weighted by Gasteiger charge is 2.12. The van der Waals surface area contributed by atoms with Crippen molar-refractivity contribution in [1.29, 1.82) is 0 Å². The van der Waals surface area contributed by atoms with Gasteiger partial charge in [0, 0.05) is 5.75 Å². The molecule has 0 saturated heterocycles. The minimum Gasteiger partial charge on any atom is -0.390 e. The third-order valence-corrected chi connectivity index (χ3v) is 3.37. The minimum absolute atomic E-state index is 0.577. The normalized spacial score (nSPS) is 12.0. The molecular formula is C8H14N2OS2. The van der Waals surface area contributed by atoms with Crippen LogP contribution in [-0.4, -0.2) is 25.8 Å². The third kappa shape index (κ3) is 4.59. The van der Waals surface area contributed by atoms with E-state index in [1.54, 1.807) is 11.8 Å². The Kier molecular flexibility index (Phi) is 3.70. The van der Waals surface area contributed by atoms with Crippen LogP contribution in [0.5, 0.6) is 0 Å². The standard InChI is InChI=1S/C8H14N2OS2/c1-6-9-7(13-10-6)12-5-4-8(2,3)11/h11H,4-5H2,1-3H3. The number of rotatable bonds is 4. The van der Waals surface area contributed by atoms with Crippen LogP contribution in [0.1, 0.15) is 26.1 Å². The van der Waals surface area contributed by atoms with Gasteiger partial charge in [-0.3, -0.25) is 0 Å². The molecule has 0 spiro atoms. The Bertz CT molecular complexity index is 267. The van der Waals surface area contributed by atoms with E-state index < -0.39 is 5.60 Å². The number of nitrogens with zero attached hydrogens (tertiary/aromatic N) is 2. The number of thioether (sulfide) groups is 1. The molecule has 0 saturated carbocycles. The van der Waals surface area contributed by atoms with Crippen molar-refractivity contribution in [2.24, 2.45) is 0 Å². The van der Waals surface area contributed by atoms with Crippen LogP contribution in [0.4, 0.5) is 0 Å². The number of aliphatic hydroxyl groups is 1. The zero-order valence-electron chi connectivity index (χ0n) is 8.07. The van der Waals surface area contributed by atoms with E-state index in [1.807, 2.05) is 20.8 Å². The van der Waals surface area contributed by atoms with Gasteiger partial charge in [0.2, 0.25) is 0 Å². The summed E-state index contributed by atoms with van der Waals surface area (Å²) < 4.78 is 5.07. The molecule has 0 fully saturated rings. The van der Waals surface area contributed by atoms with Crippen molar-refractivity contribution >= 4 is 23.3 Å². The van der Waals surface area contributed by atoms with Crippen molar-refractivity contribution in [2.45, 2.75) is 37.1 Å². The first-order valence-electron chi connectivity index (χ1n) is 4.13. The fourth-order valence-electron chi connectivity index (χ4n) is 0.725. The SMILES string of the molecule is Cc1nsc(SCCC(C)(C)O)n1. The highest BCUT2D eigenvalue weighted by molar-refractivity contribution is 8.00. The minimum atomic E-state index is -0.577. The summed E-state index contributed by atoms with van der Waals surface area (Å²) >= 11 is 3.07. The summed E-state index contributed by atoms with van der Waals surface area (Å²) in [7, 11) is 0. The lowest BCUT2D eigenvalue weighted by molar-refractivity contribution is 0.0778. The van der Waals surface area contributed by atoms with Gasteiger partial charge in [0.1, 0.15) is 5.82 Å². The summed E-state index contributed by atoms with van der Waals surface area (Å²) in [5.74, 6) is 1.72. The van der Waals surface area contributed by atoms with E-state index >= 15 is 0 Å². The predicted octanol–water partition coefficient (Wildman–Crippen LogP) is 2.10. The molecule has 5 heteroatoms. The fourth-order valence-corrected chi connectivity index (χ4v) is 2.69. The van der Waals surface area contributed by atoms with Crippen LogP contribution in [0.2, 0.25) is 0 Å². The van der Waals surface area contributed by atoms with Crippen LogP contribution in [0, 0.1) is 6.92 Å². The first-order chi connectivity index (χ1) is 5.97. The maximum Gasteiger partial charge on any atom is 0.170 e. The van der Waals surface area contributed by atoms with Gasteiger partial charge in [-0.1, -0.05) is 11.8 Å². The Balaban J connectivity index is 2.28. The van der Waals surface area contributed by atoms with E-state index in [2.05, 4.69) is 9.36 Å². The summed E-state index contributed by atoms with van der Waals surface area (Å²) in [6.07, 6.45) is 0.774. The molecule has 0 unspecified atom stereocenters. The molecule has 0 radical (unpaired) electrons. The molecule has 1 aromatic heterocycles. The lowest BCUT2D eigenvalue weighted by atomic mass is 10.1. The van der Waals surface area contributed by atoms with E-state index in [-0.39, 0.29) is 0 Å². The maximum absolute atomic E-state index is 9.45. The van der Waals surface area contributed by atoms with Crippen LogP contribution in [0.15, 0.2) is 4.34 Å². The second-order valence-electron chi connectivity index (χ2n) is 3.52. The molecule has 0 aliphatic heterocycles. The molecule has 0 aliphatic carbocycles. The highest BCUT2D eigenvalue weighted by atomic mass is 32.2. The molecule has 13 heavy (non-hydrogen) atoms. The molecule has 0 aliphatic rings. The lowest BCUT2D eigenvalue weighted by Gasteiger charge is -2.15. The molecule has 1 aromatic rings. The number of aromatic nitrogens is 2. The van der Waals surface area contributed by atoms with Crippen LogP contribution in [0.25, 0.3) is 0 Å². The van der Waals surface area contributed by atoms with Crippen LogP contribution >= 0.6 is 23.3 Å². The summed E-state index contributed by atoms with van der Waals surface area (Å²) in [6.45, 7) is 5.52. The topological polar surface area (TPSA) is 46.0 Å². The quantitative estimate of drug-likeness (QED) is 0.786. The van der Waals surface area contributed by atoms with Crippen molar-refractivity contribution in [2.75, 3.05) is 5.75 Å². The summed E-state index contributed by atoms with van der Waals surface area (Å²) in [5, 5.41) is 9.45. The van der Waals surface area contributed by atoms with Crippen LogP contribution in [0.3, 0.4) is 0 Å². The molecular weight excluding hydrogens is 204 g/mol. The summed E-state index contributed by atoms with van der Waals surface area (Å²) in [5.41, 5.74) is -0.577. The lowest BCUT2D eigenvalue weighted by Crippen LogP contribution is -2.18. The second-order valence-corrected chi connectivity index (χ2v) is 5.61. The van der Waals surface area contributed by atoms with Gasteiger partial charge < -0.3 is 5.11 Å². The van der Waals surface area contributed by atoms with Gasteiger partial charge in [0.05, 0.1) is 5.60 Å². The molecule has 0 aromatic carbocycles. The molecule has 74 valence electrons. The Morgan fingerprint density at radius 1 is 1.54 bits per heavy atom. The average Bonchev–Trinajstić information content (AvgIpc) is 2.33. The predicted molar refractivity (Wildman–Crippen MR) is 56.3 cm³/mol. The molecule has 0 bridgehead atoms. The maximum atomic E-state index is 9.45. The van der Waals surface area contributed by atoms with Gasteiger partial charge in [-0.25, -0.2) is 4.98 Å². The van der Waals surface area contributed by atoms with Crippen molar-refractivity contribution in [3.05, 3.63) is 5.82 Å². The van der Waals surface area contributed by atoms with Gasteiger partial charge in [0.15, 0.2) is 4.34 Å². The first-order valence-corrected chi connectivity index (χ1v) is 5.89. The number of hydrogen-bond acceptors (Lipinski definition) is 5. The molecule has 3 nitrogen and oxygen atoms in total. The fraction of sp³-hybridized carbons (Fsp3) is 0.750. The van der Waals surface area contributed by atoms with Crippen molar-refractivity contribution in [3.63, 3.8) is 0 Å². The van der Waals surface area contributed by atoms with E-state index in [9.17, 15) is 5.11 Å². The third-order valence-electron chi connectivity index (χ3n) is 1.45. The Hall–Kier alpha value is -0.130. The summed E-state index contributed by atoms with van der Waals surface area (Å²) in [4.78, 5) is 4.22. The van der Waals surface area contributed by atoms with Gasteiger partial charge in [-0.05, 0) is 38.7 Å². The molecule has 1 rings (SSSR count). The van der Waals surface area contributed by atoms with Gasteiger partial charge in [0.25, 0.3) is 0 Å². The average molecular weight is 218 g/mol. The van der Waals surface area contributed by atoms with E-state index in [0.29, 0.717) is 0 Å². The van der Waals surface area contributed by atoms with Crippen LogP contribution in [-0.2, 0) is 0 Å². The zero-order valence-corrected chi connectivity index (χ0v) is 9.71. The van der Waals surface area contributed by atoms with Crippen molar-refractivity contribution < 1.29 is 5.11 Å². The second kappa shape index (κ2) is 4.39. The highest BCUT2D eigenvalue weighted by Crippen LogP contribution is 2.22. The van der Waals surface area contributed by atoms with E-state index in [0.717, 1.165) is 22.3 Å². The molecule has 1 heterocycles. The van der Waals surface area contributed by atoms with Gasteiger partial charge >= 0.3 is 0 Å². The first kappa shape index (κ1) is 10.9. The van der Waals surface area contributed by atoms with Crippen LogP contribution < -0.4 is 0 Å². The van der Waals surface area contributed by atoms with Gasteiger partial charge in [-0.2, -0.15) is 4.37 Å². The number of aryl methyl sites for hydroxylation is 1. The summed E-state index contributed by atoms with van der Waals surface area (Å²) in [6, 6.07) is 0. The van der Waals surface area contributed by atoms with E-state index in [4.69, 9.17) is 0 Å². The Labute approximate surface area is 86.8 Å². The number of hydrogen-bond donors (Lipinski definition) is 1. The zero-order chi connectivity index (χ0) is 9.90. The Morgan fingerprint density at radius 3 is 2.69 bits per heavy atom. The molecule has 0 amide bonds. The largest absolute Gasteiger partial charge is 0.390 e. The van der Waals surface area contributed by atoms with Crippen molar-refractivity contribution in [3.8, 4) is 0 Å². The molecule has 0 atom stereocenters. The smallest absolute Gasteiger partial charge is 0.170 e. The van der Waals surface area contributed by atoms with Crippen molar-refractivity contribution in [1.82, 2.24) is 9.36 Å². The van der Waals surface area contributed by atoms with Gasteiger partial charge in [-0.15, -0.1) is 0 Å².